The van der Waals surface area contributed by atoms with Crippen LogP contribution in [0.2, 0.25) is 0 Å². The molecule has 0 saturated carbocycles. The smallest absolute Gasteiger partial charge is 0.321 e. The van der Waals surface area contributed by atoms with Gasteiger partial charge in [-0.15, -0.1) is 0 Å². The average molecular weight is 169 g/mol. The summed E-state index contributed by atoms with van der Waals surface area (Å²) in [5, 5.41) is 8.86. The third-order valence-corrected chi connectivity index (χ3v) is 2.27. The number of hydrogen-bond donors (Lipinski definition) is 1. The van der Waals surface area contributed by atoms with Gasteiger partial charge in [0.25, 0.3) is 0 Å². The minimum absolute atomic E-state index is 0.307. The maximum absolute atomic E-state index is 10.8. The van der Waals surface area contributed by atoms with Crippen molar-refractivity contribution in [3.05, 3.63) is 11.6 Å². The van der Waals surface area contributed by atoms with Crippen molar-refractivity contribution in [2.75, 3.05) is 13.1 Å². The number of rotatable bonds is 2. The van der Waals surface area contributed by atoms with Crippen LogP contribution in [-0.4, -0.2) is 35.1 Å². The van der Waals surface area contributed by atoms with E-state index in [4.69, 9.17) is 5.11 Å². The molecule has 0 aromatic rings. The summed E-state index contributed by atoms with van der Waals surface area (Å²) in [6, 6.07) is -0.307. The highest BCUT2D eigenvalue weighted by molar-refractivity contribution is 5.74. The molecule has 1 aliphatic heterocycles. The van der Waals surface area contributed by atoms with Crippen LogP contribution in [-0.2, 0) is 4.79 Å². The maximum Gasteiger partial charge on any atom is 0.321 e. The summed E-state index contributed by atoms with van der Waals surface area (Å²) in [6.07, 6.45) is 2.67. The summed E-state index contributed by atoms with van der Waals surface area (Å²) >= 11 is 0. The molecule has 12 heavy (non-hydrogen) atoms. The molecule has 0 aliphatic carbocycles. The van der Waals surface area contributed by atoms with Gasteiger partial charge in [0.1, 0.15) is 6.04 Å². The molecule has 0 amide bonds. The molecule has 1 rings (SSSR count). The third kappa shape index (κ3) is 1.85. The van der Waals surface area contributed by atoms with E-state index in [0.29, 0.717) is 6.42 Å². The first-order chi connectivity index (χ1) is 5.65. The summed E-state index contributed by atoms with van der Waals surface area (Å²) in [6.45, 7) is 5.64. The minimum atomic E-state index is -0.708. The lowest BCUT2D eigenvalue weighted by molar-refractivity contribution is -0.143. The van der Waals surface area contributed by atoms with Gasteiger partial charge in [-0.1, -0.05) is 18.6 Å². The third-order valence-electron chi connectivity index (χ3n) is 2.27. The van der Waals surface area contributed by atoms with Crippen LogP contribution in [0.25, 0.3) is 0 Å². The van der Waals surface area contributed by atoms with Crippen LogP contribution in [0.5, 0.6) is 0 Å². The Morgan fingerprint density at radius 1 is 1.83 bits per heavy atom. The summed E-state index contributed by atoms with van der Waals surface area (Å²) < 4.78 is 0. The zero-order chi connectivity index (χ0) is 9.14. The van der Waals surface area contributed by atoms with E-state index < -0.39 is 5.97 Å². The predicted molar refractivity (Wildman–Crippen MR) is 47.0 cm³/mol. The number of aliphatic carboxylic acids is 1. The zero-order valence-electron chi connectivity index (χ0n) is 7.58. The Kier molecular flexibility index (Phi) is 2.87. The Hall–Kier alpha value is -0.830. The van der Waals surface area contributed by atoms with Gasteiger partial charge in [-0.05, 0) is 19.9 Å². The molecule has 1 aliphatic rings. The minimum Gasteiger partial charge on any atom is -0.480 e. The Morgan fingerprint density at radius 2 is 2.50 bits per heavy atom. The van der Waals surface area contributed by atoms with Crippen molar-refractivity contribution in [1.82, 2.24) is 4.90 Å². The lowest BCUT2D eigenvalue weighted by atomic mass is 10.0. The molecule has 0 aromatic carbocycles. The molecule has 0 radical (unpaired) electrons. The normalized spacial score (nSPS) is 25.2. The Morgan fingerprint density at radius 3 is 3.00 bits per heavy atom. The summed E-state index contributed by atoms with van der Waals surface area (Å²) in [5.74, 6) is -0.708. The van der Waals surface area contributed by atoms with Crippen molar-refractivity contribution >= 4 is 5.97 Å². The molecule has 0 saturated heterocycles. The second kappa shape index (κ2) is 3.72. The van der Waals surface area contributed by atoms with E-state index in [1.165, 1.54) is 5.57 Å². The largest absolute Gasteiger partial charge is 0.480 e. The molecular formula is C9H15NO2. The fourth-order valence-electron chi connectivity index (χ4n) is 1.55. The highest BCUT2D eigenvalue weighted by Crippen LogP contribution is 2.15. The second-order valence-corrected chi connectivity index (χ2v) is 3.20. The van der Waals surface area contributed by atoms with Crippen molar-refractivity contribution < 1.29 is 9.90 Å². The van der Waals surface area contributed by atoms with Crippen molar-refractivity contribution in [3.8, 4) is 0 Å². The molecule has 0 spiro atoms. The fraction of sp³-hybridized carbons (Fsp3) is 0.667. The standard InChI is InChI=1S/C9H15NO2/c1-3-10-6-7(2)4-5-8(10)9(11)12/h4,8H,3,5-6H2,1-2H3,(H,11,12). The number of likely N-dealkylation sites (N-methyl/N-ethyl adjacent to an activating group) is 1. The first kappa shape index (κ1) is 9.26. The Bertz CT molecular complexity index is 211. The SMILES string of the molecule is CCN1CC(C)=CCC1C(=O)O. The molecule has 3 nitrogen and oxygen atoms in total. The van der Waals surface area contributed by atoms with Gasteiger partial charge in [0.05, 0.1) is 0 Å². The number of carbonyl (C=O) groups is 1. The van der Waals surface area contributed by atoms with Crippen LogP contribution in [0.1, 0.15) is 20.3 Å². The van der Waals surface area contributed by atoms with E-state index in [0.717, 1.165) is 13.1 Å². The summed E-state index contributed by atoms with van der Waals surface area (Å²) in [5.41, 5.74) is 1.27. The van der Waals surface area contributed by atoms with Gasteiger partial charge in [0, 0.05) is 6.54 Å². The molecule has 3 heteroatoms. The van der Waals surface area contributed by atoms with Gasteiger partial charge in [0.15, 0.2) is 0 Å². The molecule has 1 atom stereocenters. The Labute approximate surface area is 72.7 Å². The highest BCUT2D eigenvalue weighted by atomic mass is 16.4. The number of hydrogen-bond acceptors (Lipinski definition) is 2. The molecule has 1 N–H and O–H groups in total. The van der Waals surface area contributed by atoms with Crippen molar-refractivity contribution in [2.45, 2.75) is 26.3 Å². The monoisotopic (exact) mass is 169 g/mol. The van der Waals surface area contributed by atoms with E-state index in [1.807, 2.05) is 24.8 Å². The molecule has 0 aromatic heterocycles. The van der Waals surface area contributed by atoms with Gasteiger partial charge < -0.3 is 5.11 Å². The van der Waals surface area contributed by atoms with E-state index >= 15 is 0 Å². The fourth-order valence-corrected chi connectivity index (χ4v) is 1.55. The van der Waals surface area contributed by atoms with Crippen LogP contribution >= 0.6 is 0 Å². The summed E-state index contributed by atoms with van der Waals surface area (Å²) in [4.78, 5) is 12.7. The van der Waals surface area contributed by atoms with Gasteiger partial charge in [-0.2, -0.15) is 0 Å². The number of carboxylic acids is 1. The van der Waals surface area contributed by atoms with E-state index in [1.54, 1.807) is 0 Å². The van der Waals surface area contributed by atoms with Crippen LogP contribution in [0.3, 0.4) is 0 Å². The second-order valence-electron chi connectivity index (χ2n) is 3.20. The molecule has 1 unspecified atom stereocenters. The number of carboxylic acid groups (broad SMARTS) is 1. The van der Waals surface area contributed by atoms with E-state index in [9.17, 15) is 4.79 Å². The topological polar surface area (TPSA) is 40.5 Å². The highest BCUT2D eigenvalue weighted by Gasteiger charge is 2.25. The van der Waals surface area contributed by atoms with Crippen LogP contribution in [0, 0.1) is 0 Å². The first-order valence-electron chi connectivity index (χ1n) is 4.27. The first-order valence-corrected chi connectivity index (χ1v) is 4.27. The number of nitrogens with zero attached hydrogens (tertiary/aromatic N) is 1. The van der Waals surface area contributed by atoms with Gasteiger partial charge >= 0.3 is 5.97 Å². The van der Waals surface area contributed by atoms with Crippen LogP contribution in [0.15, 0.2) is 11.6 Å². The molecular weight excluding hydrogens is 154 g/mol. The zero-order valence-corrected chi connectivity index (χ0v) is 7.58. The lowest BCUT2D eigenvalue weighted by Crippen LogP contribution is -2.43. The molecule has 1 heterocycles. The van der Waals surface area contributed by atoms with Crippen LogP contribution in [0.4, 0.5) is 0 Å². The van der Waals surface area contributed by atoms with Gasteiger partial charge in [-0.25, -0.2) is 0 Å². The van der Waals surface area contributed by atoms with E-state index in [-0.39, 0.29) is 6.04 Å². The maximum atomic E-state index is 10.8. The van der Waals surface area contributed by atoms with Crippen molar-refractivity contribution in [2.24, 2.45) is 0 Å². The van der Waals surface area contributed by atoms with Gasteiger partial charge in [0.2, 0.25) is 0 Å². The molecule has 0 bridgehead atoms. The molecule has 68 valence electrons. The quantitative estimate of drug-likeness (QED) is 0.629. The Balaban J connectivity index is 2.69. The molecule has 0 fully saturated rings. The predicted octanol–water partition coefficient (Wildman–Crippen LogP) is 1.11. The average Bonchev–Trinajstić information content (AvgIpc) is 2.03. The lowest BCUT2D eigenvalue weighted by Gasteiger charge is -2.30. The summed E-state index contributed by atoms with van der Waals surface area (Å²) in [7, 11) is 0. The van der Waals surface area contributed by atoms with Gasteiger partial charge in [-0.3, -0.25) is 9.69 Å². The van der Waals surface area contributed by atoms with Crippen LogP contribution < -0.4 is 0 Å². The van der Waals surface area contributed by atoms with Crippen molar-refractivity contribution in [1.29, 1.82) is 0 Å². The van der Waals surface area contributed by atoms with Crippen molar-refractivity contribution in [3.63, 3.8) is 0 Å². The van der Waals surface area contributed by atoms with E-state index in [2.05, 4.69) is 0 Å².